The fourth-order valence-electron chi connectivity index (χ4n) is 0.660. The smallest absolute Gasteiger partial charge is 0.410 e. The third kappa shape index (κ3) is 1.30. The second kappa shape index (κ2) is 2.47. The lowest BCUT2D eigenvalue weighted by atomic mass is 10.7. The van der Waals surface area contributed by atoms with Gasteiger partial charge >= 0.3 is 6.09 Å². The molecule has 1 heterocycles. The van der Waals surface area contributed by atoms with Gasteiger partial charge in [-0.15, -0.1) is 11.8 Å². The monoisotopic (exact) mass is 147 g/mol. The van der Waals surface area contributed by atoms with Crippen LogP contribution in [0.15, 0.2) is 0 Å². The van der Waals surface area contributed by atoms with Gasteiger partial charge in [-0.2, -0.15) is 0 Å². The van der Waals surface area contributed by atoms with Crippen molar-refractivity contribution in [1.29, 1.82) is 0 Å². The molecule has 1 atom stereocenters. The normalized spacial score (nSPS) is 26.7. The van der Waals surface area contributed by atoms with E-state index in [9.17, 15) is 4.79 Å². The summed E-state index contributed by atoms with van der Waals surface area (Å²) in [6.07, 6.45) is 1.71. The Labute approximate surface area is 58.4 Å². The molecule has 0 aromatic rings. The van der Waals surface area contributed by atoms with E-state index >= 15 is 0 Å². The average Bonchev–Trinajstić information content (AvgIpc) is 2.13. The van der Waals surface area contributed by atoms with Crippen molar-refractivity contribution in [3.8, 4) is 0 Å². The second-order valence-electron chi connectivity index (χ2n) is 1.93. The molecule has 0 saturated carbocycles. The van der Waals surface area contributed by atoms with Crippen molar-refractivity contribution in [1.82, 2.24) is 4.90 Å². The predicted octanol–water partition coefficient (Wildman–Crippen LogP) is 0.758. The number of hydrogen-bond donors (Lipinski definition) is 0. The molecular formula is C5H9NO2S. The Balaban J connectivity index is 2.44. The van der Waals surface area contributed by atoms with E-state index in [1.165, 1.54) is 0 Å². The van der Waals surface area contributed by atoms with Crippen molar-refractivity contribution in [3.63, 3.8) is 0 Å². The molecule has 1 unspecified atom stereocenters. The predicted molar refractivity (Wildman–Crippen MR) is 36.4 cm³/mol. The molecule has 0 bridgehead atoms. The largest absolute Gasteiger partial charge is 0.433 e. The second-order valence-corrected chi connectivity index (χ2v) is 2.93. The number of hydrogen-bond acceptors (Lipinski definition) is 3. The fourth-order valence-corrected chi connectivity index (χ4v) is 1.21. The number of carbonyl (C=O) groups is 1. The van der Waals surface area contributed by atoms with E-state index in [4.69, 9.17) is 4.74 Å². The van der Waals surface area contributed by atoms with Crippen LogP contribution in [0.4, 0.5) is 4.79 Å². The minimum Gasteiger partial charge on any atom is -0.433 e. The number of rotatable bonds is 1. The SMILES string of the molecule is CSC1CN(C)C(=O)O1. The van der Waals surface area contributed by atoms with Gasteiger partial charge in [0.25, 0.3) is 0 Å². The van der Waals surface area contributed by atoms with Crippen molar-refractivity contribution in [2.45, 2.75) is 5.44 Å². The number of ether oxygens (including phenoxy) is 1. The van der Waals surface area contributed by atoms with E-state index < -0.39 is 0 Å². The number of likely N-dealkylation sites (N-methyl/N-ethyl adjacent to an activating group) is 1. The average molecular weight is 147 g/mol. The van der Waals surface area contributed by atoms with Crippen LogP contribution >= 0.6 is 11.8 Å². The molecule has 0 radical (unpaired) electrons. The van der Waals surface area contributed by atoms with Crippen molar-refractivity contribution >= 4 is 17.9 Å². The van der Waals surface area contributed by atoms with Crippen LogP contribution in [-0.4, -0.2) is 36.3 Å². The summed E-state index contributed by atoms with van der Waals surface area (Å²) in [5.41, 5.74) is 0.0440. The maximum atomic E-state index is 10.6. The van der Waals surface area contributed by atoms with Gasteiger partial charge in [-0.1, -0.05) is 0 Å². The minimum atomic E-state index is -0.214. The summed E-state index contributed by atoms with van der Waals surface area (Å²) in [5.74, 6) is 0. The molecule has 0 aliphatic carbocycles. The Kier molecular flexibility index (Phi) is 1.85. The first kappa shape index (κ1) is 6.74. The Morgan fingerprint density at radius 1 is 1.89 bits per heavy atom. The first-order valence-electron chi connectivity index (χ1n) is 2.68. The van der Waals surface area contributed by atoms with Gasteiger partial charge < -0.3 is 9.64 Å². The van der Waals surface area contributed by atoms with E-state index in [0.717, 1.165) is 0 Å². The molecule has 1 rings (SSSR count). The van der Waals surface area contributed by atoms with Gasteiger partial charge in [0.1, 0.15) is 0 Å². The Morgan fingerprint density at radius 3 is 2.78 bits per heavy atom. The lowest BCUT2D eigenvalue weighted by Crippen LogP contribution is -2.18. The highest BCUT2D eigenvalue weighted by molar-refractivity contribution is 7.99. The van der Waals surface area contributed by atoms with E-state index in [0.29, 0.717) is 6.54 Å². The van der Waals surface area contributed by atoms with Crippen molar-refractivity contribution < 1.29 is 9.53 Å². The summed E-state index contributed by atoms with van der Waals surface area (Å²) in [5, 5.41) is 0. The molecule has 1 saturated heterocycles. The molecule has 0 spiro atoms. The van der Waals surface area contributed by atoms with Gasteiger partial charge in [0, 0.05) is 7.05 Å². The fraction of sp³-hybridized carbons (Fsp3) is 0.800. The highest BCUT2D eigenvalue weighted by Crippen LogP contribution is 2.16. The highest BCUT2D eigenvalue weighted by atomic mass is 32.2. The molecule has 0 N–H and O–H groups in total. The lowest BCUT2D eigenvalue weighted by Gasteiger charge is -2.00. The van der Waals surface area contributed by atoms with Gasteiger partial charge in [0.15, 0.2) is 5.44 Å². The number of carbonyl (C=O) groups excluding carboxylic acids is 1. The molecule has 9 heavy (non-hydrogen) atoms. The minimum absolute atomic E-state index is 0.0440. The lowest BCUT2D eigenvalue weighted by molar-refractivity contribution is 0.157. The van der Waals surface area contributed by atoms with Gasteiger partial charge in [0.2, 0.25) is 0 Å². The summed E-state index contributed by atoms with van der Waals surface area (Å²) >= 11 is 1.56. The van der Waals surface area contributed by atoms with Crippen LogP contribution in [0.1, 0.15) is 0 Å². The zero-order valence-electron chi connectivity index (χ0n) is 5.46. The third-order valence-electron chi connectivity index (χ3n) is 1.23. The van der Waals surface area contributed by atoms with Gasteiger partial charge in [-0.3, -0.25) is 0 Å². The topological polar surface area (TPSA) is 29.5 Å². The molecule has 1 fully saturated rings. The molecular weight excluding hydrogens is 138 g/mol. The summed E-state index contributed by atoms with van der Waals surface area (Å²) in [7, 11) is 1.73. The number of thioether (sulfide) groups is 1. The molecule has 4 heteroatoms. The maximum Gasteiger partial charge on any atom is 0.410 e. The molecule has 0 aromatic heterocycles. The van der Waals surface area contributed by atoms with Crippen LogP contribution in [-0.2, 0) is 4.74 Å². The summed E-state index contributed by atoms with van der Waals surface area (Å²) < 4.78 is 4.87. The molecule has 1 aliphatic rings. The molecule has 0 aromatic carbocycles. The van der Waals surface area contributed by atoms with Crippen LogP contribution in [0.25, 0.3) is 0 Å². The van der Waals surface area contributed by atoms with E-state index in [-0.39, 0.29) is 11.5 Å². The first-order chi connectivity index (χ1) is 4.24. The van der Waals surface area contributed by atoms with Crippen LogP contribution in [0, 0.1) is 0 Å². The molecule has 1 aliphatic heterocycles. The van der Waals surface area contributed by atoms with Gasteiger partial charge in [0.05, 0.1) is 6.54 Å². The Bertz CT molecular complexity index is 128. The highest BCUT2D eigenvalue weighted by Gasteiger charge is 2.26. The van der Waals surface area contributed by atoms with Crippen LogP contribution < -0.4 is 0 Å². The zero-order valence-corrected chi connectivity index (χ0v) is 6.27. The third-order valence-corrected chi connectivity index (χ3v) is 2.00. The van der Waals surface area contributed by atoms with Crippen molar-refractivity contribution in [2.24, 2.45) is 0 Å². The first-order valence-corrected chi connectivity index (χ1v) is 3.97. The number of amides is 1. The van der Waals surface area contributed by atoms with Crippen LogP contribution in [0.5, 0.6) is 0 Å². The van der Waals surface area contributed by atoms with E-state index in [1.807, 2.05) is 6.26 Å². The van der Waals surface area contributed by atoms with E-state index in [2.05, 4.69) is 0 Å². The Morgan fingerprint density at radius 2 is 2.56 bits per heavy atom. The van der Waals surface area contributed by atoms with Crippen LogP contribution in [0.3, 0.4) is 0 Å². The summed E-state index contributed by atoms with van der Waals surface area (Å²) in [4.78, 5) is 12.2. The van der Waals surface area contributed by atoms with Gasteiger partial charge in [-0.25, -0.2) is 4.79 Å². The van der Waals surface area contributed by atoms with Crippen molar-refractivity contribution in [2.75, 3.05) is 19.8 Å². The Hall–Kier alpha value is -0.380. The van der Waals surface area contributed by atoms with Crippen molar-refractivity contribution in [3.05, 3.63) is 0 Å². The molecule has 3 nitrogen and oxygen atoms in total. The summed E-state index contributed by atoms with van der Waals surface area (Å²) in [6, 6.07) is 0. The van der Waals surface area contributed by atoms with Gasteiger partial charge in [-0.05, 0) is 6.26 Å². The van der Waals surface area contributed by atoms with E-state index in [1.54, 1.807) is 23.7 Å². The zero-order chi connectivity index (χ0) is 6.85. The molecule has 52 valence electrons. The van der Waals surface area contributed by atoms with Crippen LogP contribution in [0.2, 0.25) is 0 Å². The molecule has 1 amide bonds. The number of cyclic esters (lactones) is 1. The quantitative estimate of drug-likeness (QED) is 0.548. The maximum absolute atomic E-state index is 10.6. The standard InChI is InChI=1S/C5H9NO2S/c1-6-3-4(9-2)8-5(6)7/h4H,3H2,1-2H3. The summed E-state index contributed by atoms with van der Waals surface area (Å²) in [6.45, 7) is 0.708. The number of nitrogens with zero attached hydrogens (tertiary/aromatic N) is 1.